The van der Waals surface area contributed by atoms with Crippen LogP contribution in [0.15, 0.2) is 79.4 Å². The molecule has 0 atom stereocenters. The average molecular weight is 402 g/mol. The molecule has 2 amide bonds. The van der Waals surface area contributed by atoms with Gasteiger partial charge in [0, 0.05) is 44.0 Å². The van der Waals surface area contributed by atoms with E-state index in [1.165, 1.54) is 6.08 Å². The number of amides is 2. The lowest BCUT2D eigenvalue weighted by Crippen LogP contribution is -2.28. The van der Waals surface area contributed by atoms with Gasteiger partial charge in [-0.05, 0) is 47.0 Å². The van der Waals surface area contributed by atoms with Crippen LogP contribution in [0, 0.1) is 0 Å². The Labute approximate surface area is 174 Å². The third-order valence-electron chi connectivity index (χ3n) is 4.06. The van der Waals surface area contributed by atoms with Gasteiger partial charge in [0.25, 0.3) is 5.91 Å². The van der Waals surface area contributed by atoms with Crippen LogP contribution < -0.4 is 15.4 Å². The standard InChI is InChI=1S/C23H22N4O3/c28-22(26-15-19-5-2-10-24-13-19)9-8-18-4-1-7-21(12-18)30-17-23(29)27-16-20-6-3-11-25-14-20/h1-14H,15-17H2,(H,26,28)(H,27,29). The number of benzene rings is 1. The van der Waals surface area contributed by atoms with E-state index in [1.807, 2.05) is 30.3 Å². The van der Waals surface area contributed by atoms with Crippen molar-refractivity contribution in [2.45, 2.75) is 13.1 Å². The molecule has 152 valence electrons. The summed E-state index contributed by atoms with van der Waals surface area (Å²) in [5.41, 5.74) is 2.64. The highest BCUT2D eigenvalue weighted by atomic mass is 16.5. The molecule has 0 unspecified atom stereocenters. The Kier molecular flexibility index (Phi) is 7.68. The number of pyridine rings is 2. The third kappa shape index (κ3) is 7.20. The molecule has 2 N–H and O–H groups in total. The molecule has 2 heterocycles. The van der Waals surface area contributed by atoms with Crippen LogP contribution >= 0.6 is 0 Å². The topological polar surface area (TPSA) is 93.2 Å². The second-order valence-corrected chi connectivity index (χ2v) is 6.41. The molecule has 3 rings (SSSR count). The molecule has 0 aliphatic rings. The smallest absolute Gasteiger partial charge is 0.258 e. The lowest BCUT2D eigenvalue weighted by atomic mass is 10.2. The Morgan fingerprint density at radius 3 is 2.27 bits per heavy atom. The van der Waals surface area contributed by atoms with Gasteiger partial charge in [-0.1, -0.05) is 24.3 Å². The normalized spacial score (nSPS) is 10.5. The zero-order valence-corrected chi connectivity index (χ0v) is 16.3. The van der Waals surface area contributed by atoms with Crippen molar-refractivity contribution in [3.05, 3.63) is 96.1 Å². The number of rotatable bonds is 9. The van der Waals surface area contributed by atoms with Gasteiger partial charge in [-0.25, -0.2) is 0 Å². The Hall–Kier alpha value is -4.00. The van der Waals surface area contributed by atoms with E-state index < -0.39 is 0 Å². The van der Waals surface area contributed by atoms with E-state index in [9.17, 15) is 9.59 Å². The zero-order chi connectivity index (χ0) is 21.0. The predicted molar refractivity (Wildman–Crippen MR) is 113 cm³/mol. The van der Waals surface area contributed by atoms with Gasteiger partial charge in [0.15, 0.2) is 6.61 Å². The summed E-state index contributed by atoms with van der Waals surface area (Å²) in [4.78, 5) is 31.9. The van der Waals surface area contributed by atoms with Crippen LogP contribution in [0.4, 0.5) is 0 Å². The average Bonchev–Trinajstić information content (AvgIpc) is 2.80. The Morgan fingerprint density at radius 2 is 1.60 bits per heavy atom. The van der Waals surface area contributed by atoms with Crippen molar-refractivity contribution < 1.29 is 14.3 Å². The molecule has 0 radical (unpaired) electrons. The van der Waals surface area contributed by atoms with Crippen LogP contribution in [0.3, 0.4) is 0 Å². The van der Waals surface area contributed by atoms with Crippen molar-refractivity contribution in [1.29, 1.82) is 0 Å². The molecule has 1 aromatic carbocycles. The molecule has 0 spiro atoms. The fourth-order valence-electron chi connectivity index (χ4n) is 2.53. The summed E-state index contributed by atoms with van der Waals surface area (Å²) in [6, 6.07) is 14.6. The first kappa shape index (κ1) is 20.7. The molecular weight excluding hydrogens is 380 g/mol. The quantitative estimate of drug-likeness (QED) is 0.537. The Morgan fingerprint density at radius 1 is 0.900 bits per heavy atom. The van der Waals surface area contributed by atoms with Gasteiger partial charge >= 0.3 is 0 Å². The van der Waals surface area contributed by atoms with Crippen molar-refractivity contribution in [2.75, 3.05) is 6.61 Å². The maximum absolute atomic E-state index is 12.0. The number of ether oxygens (including phenoxy) is 1. The number of aromatic nitrogens is 2. The first-order valence-corrected chi connectivity index (χ1v) is 9.42. The van der Waals surface area contributed by atoms with Crippen LogP contribution in [-0.4, -0.2) is 28.4 Å². The molecule has 0 saturated heterocycles. The minimum absolute atomic E-state index is 0.0982. The van der Waals surface area contributed by atoms with Crippen LogP contribution in [-0.2, 0) is 22.7 Å². The van der Waals surface area contributed by atoms with Gasteiger partial charge in [-0.2, -0.15) is 0 Å². The molecule has 30 heavy (non-hydrogen) atoms. The molecule has 0 aliphatic carbocycles. The van der Waals surface area contributed by atoms with E-state index in [4.69, 9.17) is 4.74 Å². The monoisotopic (exact) mass is 402 g/mol. The minimum atomic E-state index is -0.227. The molecule has 0 fully saturated rings. The van der Waals surface area contributed by atoms with Crippen molar-refractivity contribution in [3.8, 4) is 5.75 Å². The summed E-state index contributed by atoms with van der Waals surface area (Å²) in [5.74, 6) is 0.110. The number of nitrogens with one attached hydrogen (secondary N) is 2. The molecule has 7 nitrogen and oxygen atoms in total. The predicted octanol–water partition coefficient (Wildman–Crippen LogP) is 2.50. The lowest BCUT2D eigenvalue weighted by molar-refractivity contribution is -0.123. The number of carbonyl (C=O) groups is 2. The zero-order valence-electron chi connectivity index (χ0n) is 16.3. The molecule has 2 aromatic heterocycles. The van der Waals surface area contributed by atoms with Crippen molar-refractivity contribution >= 4 is 17.9 Å². The van der Waals surface area contributed by atoms with Gasteiger partial charge in [0.1, 0.15) is 5.75 Å². The van der Waals surface area contributed by atoms with E-state index in [0.29, 0.717) is 18.8 Å². The summed E-state index contributed by atoms with van der Waals surface area (Å²) >= 11 is 0. The minimum Gasteiger partial charge on any atom is -0.484 e. The van der Waals surface area contributed by atoms with E-state index in [-0.39, 0.29) is 18.4 Å². The summed E-state index contributed by atoms with van der Waals surface area (Å²) < 4.78 is 5.54. The second kappa shape index (κ2) is 11.1. The first-order valence-electron chi connectivity index (χ1n) is 9.42. The summed E-state index contributed by atoms with van der Waals surface area (Å²) in [6.07, 6.45) is 9.91. The van der Waals surface area contributed by atoms with Crippen LogP contribution in [0.2, 0.25) is 0 Å². The highest BCUT2D eigenvalue weighted by Gasteiger charge is 2.04. The SMILES string of the molecule is O=C(C=Cc1cccc(OCC(=O)NCc2cccnc2)c1)NCc1cccnc1. The lowest BCUT2D eigenvalue weighted by Gasteiger charge is -2.08. The highest BCUT2D eigenvalue weighted by Crippen LogP contribution is 2.14. The first-order chi connectivity index (χ1) is 14.7. The van der Waals surface area contributed by atoms with Crippen LogP contribution in [0.25, 0.3) is 6.08 Å². The number of nitrogens with zero attached hydrogens (tertiary/aromatic N) is 2. The number of hydrogen-bond donors (Lipinski definition) is 2. The fraction of sp³-hybridized carbons (Fsp3) is 0.130. The molecular formula is C23H22N4O3. The molecule has 0 aliphatic heterocycles. The van der Waals surface area contributed by atoms with E-state index in [2.05, 4.69) is 20.6 Å². The summed E-state index contributed by atoms with van der Waals surface area (Å²) in [6.45, 7) is 0.709. The van der Waals surface area contributed by atoms with Crippen molar-refractivity contribution in [2.24, 2.45) is 0 Å². The molecule has 0 bridgehead atoms. The maximum atomic E-state index is 12.0. The second-order valence-electron chi connectivity index (χ2n) is 6.41. The van der Waals surface area contributed by atoms with Gasteiger partial charge in [0.2, 0.25) is 5.91 Å². The number of hydrogen-bond acceptors (Lipinski definition) is 5. The fourth-order valence-corrected chi connectivity index (χ4v) is 2.53. The maximum Gasteiger partial charge on any atom is 0.258 e. The Balaban J connectivity index is 1.44. The molecule has 0 saturated carbocycles. The van der Waals surface area contributed by atoms with Gasteiger partial charge in [0.05, 0.1) is 0 Å². The van der Waals surface area contributed by atoms with Gasteiger partial charge in [-0.3, -0.25) is 19.6 Å². The summed E-state index contributed by atoms with van der Waals surface area (Å²) in [7, 11) is 0. The van der Waals surface area contributed by atoms with Crippen LogP contribution in [0.1, 0.15) is 16.7 Å². The van der Waals surface area contributed by atoms with Crippen LogP contribution in [0.5, 0.6) is 5.75 Å². The third-order valence-corrected chi connectivity index (χ3v) is 4.06. The number of carbonyl (C=O) groups excluding carboxylic acids is 2. The molecule has 3 aromatic rings. The highest BCUT2D eigenvalue weighted by molar-refractivity contribution is 5.91. The van der Waals surface area contributed by atoms with E-state index >= 15 is 0 Å². The van der Waals surface area contributed by atoms with Crippen molar-refractivity contribution in [3.63, 3.8) is 0 Å². The van der Waals surface area contributed by atoms with Gasteiger partial charge < -0.3 is 15.4 Å². The Bertz CT molecular complexity index is 992. The largest absolute Gasteiger partial charge is 0.484 e. The molecule has 7 heteroatoms. The summed E-state index contributed by atoms with van der Waals surface area (Å²) in [5, 5.41) is 5.57. The van der Waals surface area contributed by atoms with E-state index in [0.717, 1.165) is 16.7 Å². The van der Waals surface area contributed by atoms with Gasteiger partial charge in [-0.15, -0.1) is 0 Å². The van der Waals surface area contributed by atoms with E-state index in [1.54, 1.807) is 49.1 Å². The van der Waals surface area contributed by atoms with Crippen molar-refractivity contribution in [1.82, 2.24) is 20.6 Å².